The lowest BCUT2D eigenvalue weighted by Gasteiger charge is -2.25. The lowest BCUT2D eigenvalue weighted by Crippen LogP contribution is -2.45. The Bertz CT molecular complexity index is 1080. The maximum atomic E-state index is 14.9. The van der Waals surface area contributed by atoms with Gasteiger partial charge in [-0.1, -0.05) is 23.8 Å². The van der Waals surface area contributed by atoms with E-state index in [4.69, 9.17) is 9.47 Å². The second-order valence-electron chi connectivity index (χ2n) is 8.54. The molecule has 2 aromatic carbocycles. The van der Waals surface area contributed by atoms with Crippen molar-refractivity contribution >= 4 is 24.0 Å². The standard InChI is InChI=1S/C24H26FN3O5/c1-15-8-10-16(11-9-15)32-19-7-5-6-17(21(19)25)22(30)26-14-20(29)28-18(12-13-27-28)23(31)33-24(2,3)4/h5-11,13,18H,12,14H2,1-4H3,(H,26,30)/t18-/m0/s1. The summed E-state index contributed by atoms with van der Waals surface area (Å²) in [6, 6.07) is 10.3. The van der Waals surface area contributed by atoms with Crippen molar-refractivity contribution < 1.29 is 28.2 Å². The van der Waals surface area contributed by atoms with E-state index in [9.17, 15) is 18.8 Å². The number of benzene rings is 2. The summed E-state index contributed by atoms with van der Waals surface area (Å²) >= 11 is 0. The van der Waals surface area contributed by atoms with Gasteiger partial charge in [-0.15, -0.1) is 0 Å². The van der Waals surface area contributed by atoms with Crippen LogP contribution in [0.25, 0.3) is 0 Å². The van der Waals surface area contributed by atoms with E-state index in [2.05, 4.69) is 10.4 Å². The molecule has 1 atom stereocenters. The normalized spacial score (nSPS) is 15.3. The topological polar surface area (TPSA) is 97.3 Å². The van der Waals surface area contributed by atoms with E-state index in [0.717, 1.165) is 10.6 Å². The van der Waals surface area contributed by atoms with E-state index in [0.29, 0.717) is 5.75 Å². The Hall–Kier alpha value is -3.75. The quantitative estimate of drug-likeness (QED) is 0.672. The summed E-state index contributed by atoms with van der Waals surface area (Å²) in [5.41, 5.74) is 0.0316. The number of ether oxygens (including phenoxy) is 2. The van der Waals surface area contributed by atoms with Crippen LogP contribution in [0.3, 0.4) is 0 Å². The number of carbonyl (C=O) groups is 3. The highest BCUT2D eigenvalue weighted by Crippen LogP contribution is 2.26. The zero-order valence-corrected chi connectivity index (χ0v) is 18.9. The van der Waals surface area contributed by atoms with Gasteiger partial charge >= 0.3 is 5.97 Å². The molecule has 9 heteroatoms. The monoisotopic (exact) mass is 455 g/mol. The first kappa shape index (κ1) is 23.9. The molecule has 1 aliphatic heterocycles. The van der Waals surface area contributed by atoms with Crippen LogP contribution in [0.15, 0.2) is 47.6 Å². The zero-order chi connectivity index (χ0) is 24.2. The highest BCUT2D eigenvalue weighted by Gasteiger charge is 2.36. The first-order chi connectivity index (χ1) is 15.5. The minimum absolute atomic E-state index is 0.119. The number of esters is 1. The summed E-state index contributed by atoms with van der Waals surface area (Å²) < 4.78 is 25.7. The first-order valence-corrected chi connectivity index (χ1v) is 10.4. The zero-order valence-electron chi connectivity index (χ0n) is 18.9. The molecule has 0 spiro atoms. The molecule has 0 saturated heterocycles. The molecule has 1 heterocycles. The van der Waals surface area contributed by atoms with Crippen LogP contribution in [0.4, 0.5) is 4.39 Å². The second-order valence-corrected chi connectivity index (χ2v) is 8.54. The van der Waals surface area contributed by atoms with Crippen molar-refractivity contribution in [3.63, 3.8) is 0 Å². The van der Waals surface area contributed by atoms with Crippen molar-refractivity contribution in [3.05, 3.63) is 59.4 Å². The average molecular weight is 455 g/mol. The Morgan fingerprint density at radius 2 is 1.85 bits per heavy atom. The summed E-state index contributed by atoms with van der Waals surface area (Å²) in [5, 5.41) is 7.26. The highest BCUT2D eigenvalue weighted by molar-refractivity contribution is 5.98. The van der Waals surface area contributed by atoms with Gasteiger partial charge < -0.3 is 14.8 Å². The summed E-state index contributed by atoms with van der Waals surface area (Å²) in [6.45, 7) is 6.60. The van der Waals surface area contributed by atoms with E-state index < -0.39 is 41.8 Å². The van der Waals surface area contributed by atoms with Crippen LogP contribution >= 0.6 is 0 Å². The average Bonchev–Trinajstić information content (AvgIpc) is 3.24. The van der Waals surface area contributed by atoms with Gasteiger partial charge in [0.15, 0.2) is 17.6 Å². The Labute approximate surface area is 191 Å². The Morgan fingerprint density at radius 1 is 1.15 bits per heavy atom. The molecular weight excluding hydrogens is 429 g/mol. The number of rotatable bonds is 6. The maximum Gasteiger partial charge on any atom is 0.331 e. The van der Waals surface area contributed by atoms with Gasteiger partial charge in [-0.3, -0.25) is 9.59 Å². The number of carbonyl (C=O) groups excluding carboxylic acids is 3. The second kappa shape index (κ2) is 9.81. The predicted octanol–water partition coefficient (Wildman–Crippen LogP) is 3.58. The fourth-order valence-electron chi connectivity index (χ4n) is 3.05. The maximum absolute atomic E-state index is 14.9. The van der Waals surface area contributed by atoms with Crippen LogP contribution in [0.5, 0.6) is 11.5 Å². The molecule has 0 saturated carbocycles. The van der Waals surface area contributed by atoms with Crippen molar-refractivity contribution in [1.82, 2.24) is 10.3 Å². The van der Waals surface area contributed by atoms with Gasteiger partial charge in [-0.05, 0) is 52.0 Å². The molecule has 1 aliphatic rings. The van der Waals surface area contributed by atoms with Gasteiger partial charge in [0.25, 0.3) is 11.8 Å². The fourth-order valence-corrected chi connectivity index (χ4v) is 3.05. The molecule has 1 N–H and O–H groups in total. The van der Waals surface area contributed by atoms with Crippen molar-refractivity contribution in [2.24, 2.45) is 5.10 Å². The number of hydrogen-bond acceptors (Lipinski definition) is 6. The smallest absolute Gasteiger partial charge is 0.331 e. The predicted molar refractivity (Wildman–Crippen MR) is 120 cm³/mol. The first-order valence-electron chi connectivity index (χ1n) is 10.4. The Balaban J connectivity index is 1.63. The number of aryl methyl sites for hydroxylation is 1. The van der Waals surface area contributed by atoms with Crippen LogP contribution in [0, 0.1) is 12.7 Å². The minimum Gasteiger partial charge on any atom is -0.458 e. The van der Waals surface area contributed by atoms with Crippen LogP contribution in [-0.4, -0.2) is 47.2 Å². The van der Waals surface area contributed by atoms with E-state index in [1.165, 1.54) is 24.4 Å². The summed E-state index contributed by atoms with van der Waals surface area (Å²) in [6.07, 6.45) is 1.64. The Kier molecular flexibility index (Phi) is 7.10. The number of nitrogens with one attached hydrogen (secondary N) is 1. The fraction of sp³-hybridized carbons (Fsp3) is 0.333. The van der Waals surface area contributed by atoms with Gasteiger partial charge in [-0.25, -0.2) is 14.2 Å². The minimum atomic E-state index is -0.906. The lowest BCUT2D eigenvalue weighted by molar-refractivity contribution is -0.163. The molecular formula is C24H26FN3O5. The molecule has 0 bridgehead atoms. The molecule has 2 aromatic rings. The third kappa shape index (κ3) is 6.15. The third-order valence-corrected chi connectivity index (χ3v) is 4.62. The lowest BCUT2D eigenvalue weighted by atomic mass is 10.1. The van der Waals surface area contributed by atoms with E-state index in [-0.39, 0.29) is 17.7 Å². The van der Waals surface area contributed by atoms with Crippen LogP contribution in [-0.2, 0) is 14.3 Å². The summed E-state index contributed by atoms with van der Waals surface area (Å²) in [5.74, 6) is -2.56. The van der Waals surface area contributed by atoms with Gasteiger partial charge in [0.1, 0.15) is 11.4 Å². The van der Waals surface area contributed by atoms with E-state index in [1.54, 1.807) is 32.9 Å². The summed E-state index contributed by atoms with van der Waals surface area (Å²) in [7, 11) is 0. The van der Waals surface area contributed by atoms with Crippen molar-refractivity contribution in [2.45, 2.75) is 45.8 Å². The molecule has 8 nitrogen and oxygen atoms in total. The van der Waals surface area contributed by atoms with Crippen molar-refractivity contribution in [3.8, 4) is 11.5 Å². The summed E-state index contributed by atoms with van der Waals surface area (Å²) in [4.78, 5) is 37.4. The number of hydrazone groups is 1. The number of amides is 2. The molecule has 0 radical (unpaired) electrons. The molecule has 0 aliphatic carbocycles. The van der Waals surface area contributed by atoms with Gasteiger partial charge in [-0.2, -0.15) is 5.10 Å². The SMILES string of the molecule is Cc1ccc(Oc2cccc(C(=O)NCC(=O)N3N=CC[C@H]3C(=O)OC(C)(C)C)c2F)cc1. The largest absolute Gasteiger partial charge is 0.458 e. The van der Waals surface area contributed by atoms with Crippen LogP contribution in [0.1, 0.15) is 43.1 Å². The van der Waals surface area contributed by atoms with E-state index >= 15 is 0 Å². The highest BCUT2D eigenvalue weighted by atomic mass is 19.1. The molecule has 33 heavy (non-hydrogen) atoms. The molecule has 0 aromatic heterocycles. The number of halogens is 1. The van der Waals surface area contributed by atoms with Crippen molar-refractivity contribution in [1.29, 1.82) is 0 Å². The van der Waals surface area contributed by atoms with Crippen LogP contribution in [0.2, 0.25) is 0 Å². The number of nitrogens with zero attached hydrogens (tertiary/aromatic N) is 2. The molecule has 2 amide bonds. The van der Waals surface area contributed by atoms with Gasteiger partial charge in [0.05, 0.1) is 12.1 Å². The van der Waals surface area contributed by atoms with Gasteiger partial charge in [0.2, 0.25) is 0 Å². The van der Waals surface area contributed by atoms with E-state index in [1.807, 2.05) is 19.1 Å². The Morgan fingerprint density at radius 3 is 2.52 bits per heavy atom. The molecule has 0 unspecified atom stereocenters. The number of hydrogen-bond donors (Lipinski definition) is 1. The van der Waals surface area contributed by atoms with Crippen molar-refractivity contribution in [2.75, 3.05) is 6.54 Å². The molecule has 0 fully saturated rings. The van der Waals surface area contributed by atoms with Gasteiger partial charge in [0, 0.05) is 12.6 Å². The third-order valence-electron chi connectivity index (χ3n) is 4.62. The molecule has 174 valence electrons. The van der Waals surface area contributed by atoms with Crippen LogP contribution < -0.4 is 10.1 Å². The molecule has 3 rings (SSSR count).